The number of carbonyl (C=O) groups excluding carboxylic acids is 2. The van der Waals surface area contributed by atoms with E-state index in [0.29, 0.717) is 13.2 Å². The van der Waals surface area contributed by atoms with Crippen molar-refractivity contribution >= 4 is 23.5 Å². The molecular weight excluding hydrogens is 222 g/mol. The summed E-state index contributed by atoms with van der Waals surface area (Å²) in [6.45, 7) is 3.00. The van der Waals surface area contributed by atoms with Crippen molar-refractivity contribution in [3.05, 3.63) is 0 Å². The van der Waals surface area contributed by atoms with Crippen molar-refractivity contribution in [1.82, 2.24) is 4.90 Å². The molecule has 0 saturated carbocycles. The number of rotatable bonds is 3. The van der Waals surface area contributed by atoms with Gasteiger partial charge in [0, 0.05) is 6.54 Å². The minimum absolute atomic E-state index is 0.121. The molecule has 0 aromatic rings. The lowest BCUT2D eigenvalue weighted by Gasteiger charge is -2.33. The Morgan fingerprint density at radius 2 is 2.33 bits per heavy atom. The molecule has 1 aliphatic rings. The number of ether oxygens (including phenoxy) is 2. The molecule has 0 N–H and O–H groups in total. The standard InChI is InChI=1S/C9H14ClNO4/c1-2-15-9(13)11-3-4-14-6-7(11)8(12)5-10/h7H,2-6H2,1H3. The maximum Gasteiger partial charge on any atom is 0.410 e. The van der Waals surface area contributed by atoms with Gasteiger partial charge in [0.1, 0.15) is 6.04 Å². The van der Waals surface area contributed by atoms with Crippen LogP contribution in [0.2, 0.25) is 0 Å². The summed E-state index contributed by atoms with van der Waals surface area (Å²) in [5.74, 6) is -0.339. The van der Waals surface area contributed by atoms with Crippen LogP contribution in [0.4, 0.5) is 4.79 Å². The number of halogens is 1. The maximum atomic E-state index is 11.5. The highest BCUT2D eigenvalue weighted by Crippen LogP contribution is 2.10. The van der Waals surface area contributed by atoms with E-state index in [1.54, 1.807) is 6.92 Å². The normalized spacial score (nSPS) is 21.2. The van der Waals surface area contributed by atoms with E-state index >= 15 is 0 Å². The van der Waals surface area contributed by atoms with Crippen LogP contribution in [0.5, 0.6) is 0 Å². The Morgan fingerprint density at radius 3 is 2.93 bits per heavy atom. The van der Waals surface area contributed by atoms with Crippen LogP contribution in [0.25, 0.3) is 0 Å². The molecule has 0 aliphatic carbocycles. The smallest absolute Gasteiger partial charge is 0.410 e. The van der Waals surface area contributed by atoms with E-state index in [4.69, 9.17) is 21.1 Å². The number of morpholine rings is 1. The summed E-state index contributed by atoms with van der Waals surface area (Å²) in [6, 6.07) is -0.602. The minimum Gasteiger partial charge on any atom is -0.450 e. The van der Waals surface area contributed by atoms with Gasteiger partial charge >= 0.3 is 6.09 Å². The molecule has 6 heteroatoms. The fraction of sp³-hybridized carbons (Fsp3) is 0.778. The molecule has 1 rings (SSSR count). The Kier molecular flexibility index (Phi) is 4.84. The second-order valence-electron chi connectivity index (χ2n) is 3.08. The van der Waals surface area contributed by atoms with Gasteiger partial charge in [-0.05, 0) is 6.92 Å². The van der Waals surface area contributed by atoms with Gasteiger partial charge in [0.15, 0.2) is 5.78 Å². The zero-order chi connectivity index (χ0) is 11.3. The molecule has 1 aliphatic heterocycles. The Hall–Kier alpha value is -0.810. The molecule has 1 saturated heterocycles. The zero-order valence-corrected chi connectivity index (χ0v) is 9.33. The number of amides is 1. The Labute approximate surface area is 93.3 Å². The molecule has 86 valence electrons. The van der Waals surface area contributed by atoms with Crippen molar-refractivity contribution in [1.29, 1.82) is 0 Å². The highest BCUT2D eigenvalue weighted by Gasteiger charge is 2.32. The molecule has 1 fully saturated rings. The minimum atomic E-state index is -0.602. The van der Waals surface area contributed by atoms with Crippen LogP contribution in [0.3, 0.4) is 0 Å². The third-order valence-corrected chi connectivity index (χ3v) is 2.40. The second kappa shape index (κ2) is 5.92. The molecule has 0 aromatic heterocycles. The number of Topliss-reactive ketones (excluding diaryl/α,β-unsaturated/α-hetero) is 1. The van der Waals surface area contributed by atoms with Gasteiger partial charge in [-0.15, -0.1) is 11.6 Å². The van der Waals surface area contributed by atoms with E-state index in [9.17, 15) is 9.59 Å². The molecule has 0 bridgehead atoms. The van der Waals surface area contributed by atoms with Gasteiger partial charge in [0.05, 0.1) is 25.7 Å². The first-order valence-electron chi connectivity index (χ1n) is 4.80. The van der Waals surface area contributed by atoms with E-state index in [-0.39, 0.29) is 24.9 Å². The highest BCUT2D eigenvalue weighted by molar-refractivity contribution is 6.28. The van der Waals surface area contributed by atoms with Gasteiger partial charge < -0.3 is 9.47 Å². The van der Waals surface area contributed by atoms with Gasteiger partial charge in [0.25, 0.3) is 0 Å². The summed E-state index contributed by atoms with van der Waals surface area (Å²) in [7, 11) is 0. The molecule has 1 atom stereocenters. The van der Waals surface area contributed by atoms with Crippen LogP contribution >= 0.6 is 11.6 Å². The van der Waals surface area contributed by atoms with Crippen molar-refractivity contribution in [2.24, 2.45) is 0 Å². The summed E-state index contributed by atoms with van der Waals surface area (Å²) in [6.07, 6.45) is -0.482. The van der Waals surface area contributed by atoms with Gasteiger partial charge in [0.2, 0.25) is 0 Å². The first kappa shape index (κ1) is 12.3. The van der Waals surface area contributed by atoms with Crippen LogP contribution in [0, 0.1) is 0 Å². The predicted octanol–water partition coefficient (Wildman–Crippen LogP) is 0.652. The van der Waals surface area contributed by atoms with Gasteiger partial charge in [-0.3, -0.25) is 9.69 Å². The Morgan fingerprint density at radius 1 is 1.60 bits per heavy atom. The summed E-state index contributed by atoms with van der Waals surface area (Å²) in [5.41, 5.74) is 0. The third kappa shape index (κ3) is 3.07. The van der Waals surface area contributed by atoms with Gasteiger partial charge in [-0.2, -0.15) is 0 Å². The molecule has 1 amide bonds. The predicted molar refractivity (Wildman–Crippen MR) is 54.1 cm³/mol. The number of ketones is 1. The van der Waals surface area contributed by atoms with E-state index in [0.717, 1.165) is 0 Å². The summed E-state index contributed by atoms with van der Waals surface area (Å²) < 4.78 is 9.98. The lowest BCUT2D eigenvalue weighted by Crippen LogP contribution is -2.53. The number of hydrogen-bond donors (Lipinski definition) is 0. The average molecular weight is 236 g/mol. The molecule has 1 heterocycles. The second-order valence-corrected chi connectivity index (χ2v) is 3.35. The molecular formula is C9H14ClNO4. The van der Waals surface area contributed by atoms with Gasteiger partial charge in [-0.1, -0.05) is 0 Å². The fourth-order valence-electron chi connectivity index (χ4n) is 1.38. The quantitative estimate of drug-likeness (QED) is 0.674. The van der Waals surface area contributed by atoms with E-state index in [1.807, 2.05) is 0 Å². The average Bonchev–Trinajstić information content (AvgIpc) is 2.28. The van der Waals surface area contributed by atoms with E-state index < -0.39 is 12.1 Å². The van der Waals surface area contributed by atoms with Crippen molar-refractivity contribution < 1.29 is 19.1 Å². The first-order chi connectivity index (χ1) is 7.20. The molecule has 1 unspecified atom stereocenters. The maximum absolute atomic E-state index is 11.5. The molecule has 0 spiro atoms. The Balaban J connectivity index is 2.65. The van der Waals surface area contributed by atoms with Crippen LogP contribution in [0.1, 0.15) is 6.92 Å². The third-order valence-electron chi connectivity index (χ3n) is 2.13. The summed E-state index contributed by atoms with van der Waals surface area (Å²) >= 11 is 5.45. The fourth-order valence-corrected chi connectivity index (χ4v) is 1.56. The lowest BCUT2D eigenvalue weighted by molar-refractivity contribution is -0.126. The largest absolute Gasteiger partial charge is 0.450 e. The number of carbonyl (C=O) groups is 2. The summed E-state index contributed by atoms with van der Waals surface area (Å²) in [4.78, 5) is 24.3. The molecule has 0 aromatic carbocycles. The summed E-state index contributed by atoms with van der Waals surface area (Å²) in [5, 5.41) is 0. The van der Waals surface area contributed by atoms with Crippen molar-refractivity contribution in [3.8, 4) is 0 Å². The van der Waals surface area contributed by atoms with Crippen LogP contribution in [0.15, 0.2) is 0 Å². The molecule has 15 heavy (non-hydrogen) atoms. The number of nitrogens with zero attached hydrogens (tertiary/aromatic N) is 1. The van der Waals surface area contributed by atoms with E-state index in [1.165, 1.54) is 4.90 Å². The van der Waals surface area contributed by atoms with Crippen molar-refractivity contribution in [2.75, 3.05) is 32.2 Å². The first-order valence-corrected chi connectivity index (χ1v) is 5.34. The Bertz CT molecular complexity index is 246. The van der Waals surface area contributed by atoms with E-state index in [2.05, 4.69) is 0 Å². The number of hydrogen-bond acceptors (Lipinski definition) is 4. The number of alkyl halides is 1. The SMILES string of the molecule is CCOC(=O)N1CCOCC1C(=O)CCl. The zero-order valence-electron chi connectivity index (χ0n) is 8.57. The van der Waals surface area contributed by atoms with Crippen molar-refractivity contribution in [2.45, 2.75) is 13.0 Å². The molecule has 5 nitrogen and oxygen atoms in total. The van der Waals surface area contributed by atoms with Crippen LogP contribution in [-0.4, -0.2) is 55.1 Å². The molecule has 0 radical (unpaired) electrons. The highest BCUT2D eigenvalue weighted by atomic mass is 35.5. The lowest BCUT2D eigenvalue weighted by atomic mass is 10.1. The topological polar surface area (TPSA) is 55.8 Å². The van der Waals surface area contributed by atoms with Crippen LogP contribution < -0.4 is 0 Å². The van der Waals surface area contributed by atoms with Gasteiger partial charge in [-0.25, -0.2) is 4.79 Å². The van der Waals surface area contributed by atoms with Crippen LogP contribution in [-0.2, 0) is 14.3 Å². The van der Waals surface area contributed by atoms with Crippen molar-refractivity contribution in [3.63, 3.8) is 0 Å². The monoisotopic (exact) mass is 235 g/mol.